The number of aliphatic hydroxyl groups is 1. The van der Waals surface area contributed by atoms with Crippen molar-refractivity contribution in [3.05, 3.63) is 12.7 Å². The molecule has 3 aliphatic heterocycles. The standard InChI is InChI=1S/C20H29BrN2O5S/c1-6-7-22(19(3,4)5)17(26)15-20-8-11(21)14(29-20)12(18(27)28)13(20)16(25)23(15)10(2)9-24/h6,10-15,24H,1,7-9H2,2-5H3,(H,27,28)/t10-,11?,12-,13+,14-,15?,20?/m1/s1. The third kappa shape index (κ3) is 3.24. The first kappa shape index (κ1) is 22.6. The van der Waals surface area contributed by atoms with Crippen molar-refractivity contribution in [2.24, 2.45) is 11.8 Å². The summed E-state index contributed by atoms with van der Waals surface area (Å²) in [6.45, 7) is 11.3. The van der Waals surface area contributed by atoms with E-state index in [1.165, 1.54) is 16.7 Å². The van der Waals surface area contributed by atoms with E-state index in [0.29, 0.717) is 13.0 Å². The molecule has 2 N–H and O–H groups in total. The van der Waals surface area contributed by atoms with Gasteiger partial charge in [-0.2, -0.15) is 0 Å². The molecule has 3 unspecified atom stereocenters. The van der Waals surface area contributed by atoms with Crippen LogP contribution < -0.4 is 0 Å². The monoisotopic (exact) mass is 488 g/mol. The number of carbonyl (C=O) groups is 3. The van der Waals surface area contributed by atoms with Gasteiger partial charge in [0.1, 0.15) is 6.04 Å². The Bertz CT molecular complexity index is 741. The van der Waals surface area contributed by atoms with Gasteiger partial charge < -0.3 is 20.0 Å². The summed E-state index contributed by atoms with van der Waals surface area (Å²) in [5.74, 6) is -3.17. The molecule has 0 aromatic heterocycles. The molecule has 1 spiro atoms. The first-order chi connectivity index (χ1) is 13.4. The van der Waals surface area contributed by atoms with Gasteiger partial charge in [-0.15, -0.1) is 18.3 Å². The number of hydrogen-bond donors (Lipinski definition) is 2. The Labute approximate surface area is 184 Å². The lowest BCUT2D eigenvalue weighted by atomic mass is 9.71. The zero-order valence-electron chi connectivity index (χ0n) is 17.2. The summed E-state index contributed by atoms with van der Waals surface area (Å²) < 4.78 is -0.815. The van der Waals surface area contributed by atoms with Gasteiger partial charge in [0.15, 0.2) is 0 Å². The fourth-order valence-electron chi connectivity index (χ4n) is 5.16. The number of thioether (sulfide) groups is 1. The molecule has 0 radical (unpaired) electrons. The second-order valence-corrected chi connectivity index (χ2v) is 11.9. The number of amides is 2. The minimum absolute atomic E-state index is 0.0835. The van der Waals surface area contributed by atoms with Crippen LogP contribution in [0.5, 0.6) is 0 Å². The molecule has 3 rings (SSSR count). The number of aliphatic carboxylic acids is 1. The molecule has 0 aromatic carbocycles. The lowest BCUT2D eigenvalue weighted by Gasteiger charge is -2.43. The molecule has 3 saturated heterocycles. The van der Waals surface area contributed by atoms with Gasteiger partial charge in [0.05, 0.1) is 29.2 Å². The number of aliphatic hydroxyl groups excluding tert-OH is 1. The molecular weight excluding hydrogens is 460 g/mol. The zero-order chi connectivity index (χ0) is 21.9. The van der Waals surface area contributed by atoms with Crippen molar-refractivity contribution in [3.63, 3.8) is 0 Å². The van der Waals surface area contributed by atoms with E-state index in [9.17, 15) is 24.6 Å². The minimum atomic E-state index is -1.00. The smallest absolute Gasteiger partial charge is 0.308 e. The van der Waals surface area contributed by atoms with Crippen LogP contribution in [-0.2, 0) is 14.4 Å². The summed E-state index contributed by atoms with van der Waals surface area (Å²) in [5.41, 5.74) is -0.502. The number of nitrogens with zero attached hydrogens (tertiary/aromatic N) is 2. The number of hydrogen-bond acceptors (Lipinski definition) is 5. The van der Waals surface area contributed by atoms with Gasteiger partial charge in [0.2, 0.25) is 11.8 Å². The predicted octanol–water partition coefficient (Wildman–Crippen LogP) is 1.73. The van der Waals surface area contributed by atoms with Crippen LogP contribution in [-0.4, -0.2) is 83.4 Å². The highest BCUT2D eigenvalue weighted by Crippen LogP contribution is 2.68. The van der Waals surface area contributed by atoms with Crippen molar-refractivity contribution >= 4 is 45.5 Å². The highest BCUT2D eigenvalue weighted by molar-refractivity contribution is 9.09. The molecule has 0 aromatic rings. The van der Waals surface area contributed by atoms with Crippen molar-refractivity contribution in [2.45, 2.75) is 66.6 Å². The third-order valence-corrected chi connectivity index (χ3v) is 9.59. The van der Waals surface area contributed by atoms with E-state index in [0.717, 1.165) is 0 Å². The highest BCUT2D eigenvalue weighted by Gasteiger charge is 2.76. The Morgan fingerprint density at radius 2 is 2.10 bits per heavy atom. The zero-order valence-corrected chi connectivity index (χ0v) is 19.6. The molecule has 7 atom stereocenters. The number of fused-ring (bicyclic) bond motifs is 1. The van der Waals surface area contributed by atoms with Crippen molar-refractivity contribution in [2.75, 3.05) is 13.2 Å². The van der Waals surface area contributed by atoms with Gasteiger partial charge in [-0.05, 0) is 34.1 Å². The first-order valence-electron chi connectivity index (χ1n) is 9.82. The van der Waals surface area contributed by atoms with Crippen LogP contribution in [0.4, 0.5) is 0 Å². The lowest BCUT2D eigenvalue weighted by Crippen LogP contribution is -2.60. The first-order valence-corrected chi connectivity index (χ1v) is 11.6. The van der Waals surface area contributed by atoms with Gasteiger partial charge in [-0.1, -0.05) is 22.0 Å². The maximum absolute atomic E-state index is 13.9. The summed E-state index contributed by atoms with van der Waals surface area (Å²) >= 11 is 5.08. The summed E-state index contributed by atoms with van der Waals surface area (Å²) in [6, 6.07) is -1.40. The van der Waals surface area contributed by atoms with Gasteiger partial charge >= 0.3 is 5.97 Å². The normalized spacial score (nSPS) is 36.8. The topological polar surface area (TPSA) is 98.2 Å². The number of rotatable bonds is 6. The Morgan fingerprint density at radius 1 is 1.48 bits per heavy atom. The Kier molecular flexibility index (Phi) is 5.90. The van der Waals surface area contributed by atoms with E-state index in [2.05, 4.69) is 22.5 Å². The molecule has 3 heterocycles. The van der Waals surface area contributed by atoms with E-state index in [4.69, 9.17) is 0 Å². The maximum atomic E-state index is 13.9. The molecule has 0 saturated carbocycles. The minimum Gasteiger partial charge on any atom is -0.481 e. The average Bonchev–Trinajstić information content (AvgIpc) is 3.21. The van der Waals surface area contributed by atoms with Crippen LogP contribution in [0.3, 0.4) is 0 Å². The van der Waals surface area contributed by atoms with Crippen LogP contribution in [0.2, 0.25) is 0 Å². The van der Waals surface area contributed by atoms with E-state index < -0.39 is 40.2 Å². The Hall–Kier alpha value is -1.06. The van der Waals surface area contributed by atoms with E-state index in [1.54, 1.807) is 17.9 Å². The second kappa shape index (κ2) is 7.57. The largest absolute Gasteiger partial charge is 0.481 e. The second-order valence-electron chi connectivity index (χ2n) is 9.19. The average molecular weight is 489 g/mol. The fourth-order valence-corrected chi connectivity index (χ4v) is 8.75. The molecule has 162 valence electrons. The number of halogens is 1. The molecule has 3 aliphatic rings. The van der Waals surface area contributed by atoms with Gasteiger partial charge in [-0.3, -0.25) is 14.4 Å². The van der Waals surface area contributed by atoms with Crippen LogP contribution in [0, 0.1) is 11.8 Å². The Balaban J connectivity index is 2.14. The van der Waals surface area contributed by atoms with Gasteiger partial charge in [0.25, 0.3) is 0 Å². The quantitative estimate of drug-likeness (QED) is 0.436. The number of carboxylic acid groups (broad SMARTS) is 1. The van der Waals surface area contributed by atoms with Crippen LogP contribution in [0.15, 0.2) is 12.7 Å². The molecule has 0 aliphatic carbocycles. The van der Waals surface area contributed by atoms with Crippen molar-refractivity contribution in [1.29, 1.82) is 0 Å². The van der Waals surface area contributed by atoms with E-state index in [1.807, 2.05) is 20.8 Å². The molecule has 2 bridgehead atoms. The summed E-state index contributed by atoms with van der Waals surface area (Å²) in [5, 5.41) is 19.4. The fraction of sp³-hybridized carbons (Fsp3) is 0.750. The maximum Gasteiger partial charge on any atom is 0.308 e. The van der Waals surface area contributed by atoms with Crippen molar-refractivity contribution < 1.29 is 24.6 Å². The summed E-state index contributed by atoms with van der Waals surface area (Å²) in [4.78, 5) is 42.5. The number of carbonyl (C=O) groups excluding carboxylic acids is 2. The number of alkyl halides is 1. The van der Waals surface area contributed by atoms with E-state index >= 15 is 0 Å². The van der Waals surface area contributed by atoms with Crippen LogP contribution in [0.1, 0.15) is 34.1 Å². The Morgan fingerprint density at radius 3 is 2.59 bits per heavy atom. The van der Waals surface area contributed by atoms with Gasteiger partial charge in [0, 0.05) is 22.2 Å². The van der Waals surface area contributed by atoms with Gasteiger partial charge in [-0.25, -0.2) is 0 Å². The lowest BCUT2D eigenvalue weighted by molar-refractivity contribution is -0.150. The number of likely N-dealkylation sites (tertiary alicyclic amines) is 1. The molecule has 3 fully saturated rings. The summed E-state index contributed by atoms with van der Waals surface area (Å²) in [6.07, 6.45) is 2.20. The molecule has 2 amide bonds. The summed E-state index contributed by atoms with van der Waals surface area (Å²) in [7, 11) is 0. The predicted molar refractivity (Wildman–Crippen MR) is 115 cm³/mol. The molecule has 9 heteroatoms. The molecule has 29 heavy (non-hydrogen) atoms. The molecular formula is C20H29BrN2O5S. The molecule has 7 nitrogen and oxygen atoms in total. The van der Waals surface area contributed by atoms with Crippen molar-refractivity contribution in [3.8, 4) is 0 Å². The van der Waals surface area contributed by atoms with Crippen molar-refractivity contribution in [1.82, 2.24) is 9.80 Å². The SMILES string of the molecule is C=CCN(C(=O)C1N([C@H](C)CO)C(=O)[C@@H]2[C@@H](C(=O)O)[C@@H]3SC12CC3Br)C(C)(C)C. The third-order valence-electron chi connectivity index (χ3n) is 6.37. The van der Waals surface area contributed by atoms with E-state index in [-0.39, 0.29) is 28.5 Å². The highest BCUT2D eigenvalue weighted by atomic mass is 79.9. The van der Waals surface area contributed by atoms with Crippen LogP contribution in [0.25, 0.3) is 0 Å². The van der Waals surface area contributed by atoms with Crippen LogP contribution >= 0.6 is 27.7 Å². The number of carboxylic acids is 1.